The van der Waals surface area contributed by atoms with E-state index in [0.29, 0.717) is 13.0 Å². The van der Waals surface area contributed by atoms with Crippen LogP contribution in [-0.2, 0) is 16.7 Å². The zero-order chi connectivity index (χ0) is 14.9. The summed E-state index contributed by atoms with van der Waals surface area (Å²) in [5, 5.41) is 0.202. The zero-order valence-corrected chi connectivity index (χ0v) is 11.6. The van der Waals surface area contributed by atoms with Crippen molar-refractivity contribution in [3.05, 3.63) is 39.0 Å². The van der Waals surface area contributed by atoms with Crippen molar-refractivity contribution < 1.29 is 13.0 Å². The summed E-state index contributed by atoms with van der Waals surface area (Å²) in [7, 11) is -4.38. The quantitative estimate of drug-likeness (QED) is 0.809. The summed E-state index contributed by atoms with van der Waals surface area (Å²) >= 11 is 0. The number of aromatic amines is 1. The lowest BCUT2D eigenvalue weighted by Gasteiger charge is -2.06. The van der Waals surface area contributed by atoms with Crippen LogP contribution in [0, 0.1) is 0 Å². The molecule has 0 bridgehead atoms. The minimum absolute atomic E-state index is 0.0860. The summed E-state index contributed by atoms with van der Waals surface area (Å²) in [6.07, 6.45) is 1.53. The van der Waals surface area contributed by atoms with E-state index >= 15 is 0 Å². The number of fused-ring (bicyclic) bond motifs is 1. The second-order valence-electron chi connectivity index (χ2n) is 4.42. The standard InChI is InChI=1S/C12H14N2O5S/c1-2-3-6-14-11(15)9-5-4-8(20(17,18)19)7-10(9)13-12(14)16/h4-5,7H,2-3,6H2,1H3,(H,13,16)(H,17,18,19). The highest BCUT2D eigenvalue weighted by atomic mass is 32.2. The van der Waals surface area contributed by atoms with E-state index in [4.69, 9.17) is 4.55 Å². The number of unbranched alkanes of at least 4 members (excludes halogenated alkanes) is 1. The molecule has 8 heteroatoms. The fourth-order valence-corrected chi connectivity index (χ4v) is 2.42. The molecule has 7 nitrogen and oxygen atoms in total. The van der Waals surface area contributed by atoms with Gasteiger partial charge in [-0.25, -0.2) is 4.79 Å². The van der Waals surface area contributed by atoms with E-state index in [-0.39, 0.29) is 15.8 Å². The van der Waals surface area contributed by atoms with E-state index in [1.807, 2.05) is 6.92 Å². The third-order valence-electron chi connectivity index (χ3n) is 2.99. The summed E-state index contributed by atoms with van der Waals surface area (Å²) in [6, 6.07) is 3.47. The molecule has 2 rings (SSSR count). The van der Waals surface area contributed by atoms with E-state index < -0.39 is 21.4 Å². The molecular formula is C12H14N2O5S. The van der Waals surface area contributed by atoms with Crippen molar-refractivity contribution in [1.82, 2.24) is 9.55 Å². The number of nitrogens with zero attached hydrogens (tertiary/aromatic N) is 1. The number of rotatable bonds is 4. The van der Waals surface area contributed by atoms with E-state index in [1.54, 1.807) is 0 Å². The van der Waals surface area contributed by atoms with Gasteiger partial charge in [0.05, 0.1) is 15.8 Å². The van der Waals surface area contributed by atoms with E-state index in [2.05, 4.69) is 4.98 Å². The highest BCUT2D eigenvalue weighted by Crippen LogP contribution is 2.13. The predicted octanol–water partition coefficient (Wildman–Crippen LogP) is 0.737. The van der Waals surface area contributed by atoms with Crippen LogP contribution in [0.3, 0.4) is 0 Å². The Balaban J connectivity index is 2.71. The summed E-state index contributed by atoms with van der Waals surface area (Å²) in [6.45, 7) is 2.25. The van der Waals surface area contributed by atoms with Crippen LogP contribution in [0.2, 0.25) is 0 Å². The van der Waals surface area contributed by atoms with Crippen molar-refractivity contribution >= 4 is 21.0 Å². The molecule has 0 aliphatic heterocycles. The fraction of sp³-hybridized carbons (Fsp3) is 0.333. The molecule has 1 heterocycles. The number of hydrogen-bond acceptors (Lipinski definition) is 4. The third-order valence-corrected chi connectivity index (χ3v) is 3.84. The second-order valence-corrected chi connectivity index (χ2v) is 5.84. The van der Waals surface area contributed by atoms with Crippen molar-refractivity contribution in [2.24, 2.45) is 0 Å². The monoisotopic (exact) mass is 298 g/mol. The van der Waals surface area contributed by atoms with Gasteiger partial charge >= 0.3 is 5.69 Å². The number of nitrogens with one attached hydrogen (secondary N) is 1. The number of H-pyrrole nitrogens is 1. The van der Waals surface area contributed by atoms with Gasteiger partial charge in [-0.15, -0.1) is 0 Å². The first-order valence-electron chi connectivity index (χ1n) is 6.09. The Morgan fingerprint density at radius 3 is 2.60 bits per heavy atom. The van der Waals surface area contributed by atoms with Gasteiger partial charge in [-0.3, -0.25) is 13.9 Å². The van der Waals surface area contributed by atoms with Gasteiger partial charge in [0.2, 0.25) is 0 Å². The smallest absolute Gasteiger partial charge is 0.307 e. The summed E-state index contributed by atoms with van der Waals surface area (Å²) in [4.78, 5) is 26.0. The molecule has 1 aromatic carbocycles. The lowest BCUT2D eigenvalue weighted by atomic mass is 10.2. The molecule has 1 aromatic heterocycles. The predicted molar refractivity (Wildman–Crippen MR) is 73.6 cm³/mol. The van der Waals surface area contributed by atoms with Crippen LogP contribution in [-0.4, -0.2) is 22.5 Å². The van der Waals surface area contributed by atoms with Gasteiger partial charge in [-0.05, 0) is 24.6 Å². The van der Waals surface area contributed by atoms with Crippen molar-refractivity contribution in [3.8, 4) is 0 Å². The van der Waals surface area contributed by atoms with Crippen molar-refractivity contribution in [3.63, 3.8) is 0 Å². The Bertz CT molecular complexity index is 864. The van der Waals surface area contributed by atoms with Crippen molar-refractivity contribution in [2.45, 2.75) is 31.2 Å². The summed E-state index contributed by atoms with van der Waals surface area (Å²) < 4.78 is 32.1. The number of benzene rings is 1. The maximum atomic E-state index is 12.1. The van der Waals surface area contributed by atoms with E-state index in [1.165, 1.54) is 6.07 Å². The van der Waals surface area contributed by atoms with Crippen LogP contribution in [0.25, 0.3) is 10.9 Å². The van der Waals surface area contributed by atoms with Crippen molar-refractivity contribution in [2.75, 3.05) is 0 Å². The number of hydrogen-bond donors (Lipinski definition) is 2. The molecule has 2 N–H and O–H groups in total. The van der Waals surface area contributed by atoms with Gasteiger partial charge in [-0.1, -0.05) is 13.3 Å². The Morgan fingerprint density at radius 2 is 2.00 bits per heavy atom. The molecule has 0 amide bonds. The highest BCUT2D eigenvalue weighted by molar-refractivity contribution is 7.85. The molecule has 0 aliphatic rings. The normalized spacial score (nSPS) is 11.9. The van der Waals surface area contributed by atoms with Gasteiger partial charge in [0.25, 0.3) is 15.7 Å². The molecular weight excluding hydrogens is 284 g/mol. The highest BCUT2D eigenvalue weighted by Gasteiger charge is 2.13. The molecule has 2 aromatic rings. The van der Waals surface area contributed by atoms with Crippen LogP contribution < -0.4 is 11.2 Å². The molecule has 20 heavy (non-hydrogen) atoms. The second kappa shape index (κ2) is 5.22. The minimum Gasteiger partial charge on any atom is -0.307 e. The topological polar surface area (TPSA) is 109 Å². The Morgan fingerprint density at radius 1 is 1.30 bits per heavy atom. The van der Waals surface area contributed by atoms with Crippen molar-refractivity contribution in [1.29, 1.82) is 0 Å². The van der Waals surface area contributed by atoms with Gasteiger partial charge in [0.15, 0.2) is 0 Å². The first kappa shape index (κ1) is 14.5. The van der Waals surface area contributed by atoms with Crippen LogP contribution in [0.1, 0.15) is 19.8 Å². The van der Waals surface area contributed by atoms with Gasteiger partial charge < -0.3 is 4.98 Å². The molecule has 0 atom stereocenters. The van der Waals surface area contributed by atoms with Crippen LogP contribution in [0.15, 0.2) is 32.7 Å². The maximum absolute atomic E-state index is 12.1. The average Bonchev–Trinajstić information content (AvgIpc) is 2.37. The van der Waals surface area contributed by atoms with Gasteiger partial charge in [0.1, 0.15) is 0 Å². The molecule has 0 aliphatic carbocycles. The molecule has 0 saturated heterocycles. The first-order chi connectivity index (χ1) is 9.34. The molecule has 0 radical (unpaired) electrons. The van der Waals surface area contributed by atoms with Crippen LogP contribution >= 0.6 is 0 Å². The Hall–Kier alpha value is -1.93. The Labute approximate surface area is 114 Å². The van der Waals surface area contributed by atoms with Gasteiger partial charge in [-0.2, -0.15) is 8.42 Å². The molecule has 0 spiro atoms. The van der Waals surface area contributed by atoms with Crippen LogP contribution in [0.4, 0.5) is 0 Å². The summed E-state index contributed by atoms with van der Waals surface area (Å²) in [5.74, 6) is 0. The van der Waals surface area contributed by atoms with E-state index in [0.717, 1.165) is 23.1 Å². The minimum atomic E-state index is -4.38. The van der Waals surface area contributed by atoms with Crippen LogP contribution in [0.5, 0.6) is 0 Å². The molecule has 108 valence electrons. The zero-order valence-electron chi connectivity index (χ0n) is 10.8. The van der Waals surface area contributed by atoms with Gasteiger partial charge in [0, 0.05) is 6.54 Å². The summed E-state index contributed by atoms with van der Waals surface area (Å²) in [5.41, 5.74) is -0.981. The lowest BCUT2D eigenvalue weighted by molar-refractivity contribution is 0.483. The SMILES string of the molecule is CCCCn1c(=O)[nH]c2cc(S(=O)(=O)O)ccc2c1=O. The molecule has 0 saturated carbocycles. The Kier molecular flexibility index (Phi) is 3.78. The lowest BCUT2D eigenvalue weighted by Crippen LogP contribution is -2.35. The van der Waals surface area contributed by atoms with E-state index in [9.17, 15) is 18.0 Å². The largest absolute Gasteiger partial charge is 0.328 e. The third kappa shape index (κ3) is 2.66. The fourth-order valence-electron chi connectivity index (χ4n) is 1.91. The molecule has 0 fully saturated rings. The average molecular weight is 298 g/mol. The maximum Gasteiger partial charge on any atom is 0.328 e. The number of aromatic nitrogens is 2. The molecule has 0 unspecified atom stereocenters. The first-order valence-corrected chi connectivity index (χ1v) is 7.53.